The Kier molecular flexibility index (Phi) is 10.4. The zero-order valence-electron chi connectivity index (χ0n) is 24.1. The van der Waals surface area contributed by atoms with E-state index < -0.39 is 0 Å². The largest absolute Gasteiger partial charge is 0.495 e. The van der Waals surface area contributed by atoms with Crippen LogP contribution in [0.5, 0.6) is 17.2 Å². The van der Waals surface area contributed by atoms with Gasteiger partial charge in [0.1, 0.15) is 28.9 Å². The molecule has 2 aromatic carbocycles. The predicted octanol–water partition coefficient (Wildman–Crippen LogP) is 4.15. The van der Waals surface area contributed by atoms with Gasteiger partial charge in [0.15, 0.2) is 5.82 Å². The van der Waals surface area contributed by atoms with E-state index in [1.165, 1.54) is 17.3 Å². The second-order valence-electron chi connectivity index (χ2n) is 9.73. The molecular weight excluding hydrogens is 548 g/mol. The highest BCUT2D eigenvalue weighted by atomic mass is 35.5. The van der Waals surface area contributed by atoms with Gasteiger partial charge in [-0.05, 0) is 48.2 Å². The Morgan fingerprint density at radius 3 is 2.37 bits per heavy atom. The van der Waals surface area contributed by atoms with E-state index in [1.54, 1.807) is 46.4 Å². The van der Waals surface area contributed by atoms with Crippen molar-refractivity contribution in [2.45, 2.75) is 12.8 Å². The van der Waals surface area contributed by atoms with Crippen LogP contribution >= 0.6 is 11.6 Å². The lowest BCUT2D eigenvalue weighted by molar-refractivity contribution is -0.129. The molecule has 0 saturated carbocycles. The Morgan fingerprint density at radius 2 is 1.68 bits per heavy atom. The van der Waals surface area contributed by atoms with Crippen LogP contribution in [0.2, 0.25) is 5.02 Å². The second-order valence-corrected chi connectivity index (χ2v) is 10.1. The van der Waals surface area contributed by atoms with E-state index >= 15 is 0 Å². The van der Waals surface area contributed by atoms with Crippen molar-refractivity contribution in [3.05, 3.63) is 52.7 Å². The number of nitrogens with one attached hydrogen (secondary N) is 2. The Bertz CT molecular complexity index is 1360. The molecule has 0 fully saturated rings. The van der Waals surface area contributed by atoms with E-state index in [9.17, 15) is 4.79 Å². The van der Waals surface area contributed by atoms with Gasteiger partial charge >= 0.3 is 0 Å². The average molecular weight is 585 g/mol. The molecule has 12 heteroatoms. The van der Waals surface area contributed by atoms with Crippen molar-refractivity contribution in [3.63, 3.8) is 0 Å². The number of fused-ring (bicyclic) bond motifs is 1. The molecule has 0 atom stereocenters. The lowest BCUT2D eigenvalue weighted by Crippen LogP contribution is -2.37. The topological polar surface area (TPSA) is 110 Å². The fourth-order valence-electron chi connectivity index (χ4n) is 4.43. The number of carbonyl (C=O) groups is 1. The van der Waals surface area contributed by atoms with Crippen LogP contribution in [-0.2, 0) is 22.4 Å². The minimum Gasteiger partial charge on any atom is -0.495 e. The van der Waals surface area contributed by atoms with Crippen LogP contribution in [0.3, 0.4) is 0 Å². The van der Waals surface area contributed by atoms with Gasteiger partial charge in [0, 0.05) is 40.4 Å². The van der Waals surface area contributed by atoms with E-state index in [2.05, 4.69) is 31.6 Å². The van der Waals surface area contributed by atoms with E-state index in [-0.39, 0.29) is 5.91 Å². The highest BCUT2D eigenvalue weighted by Crippen LogP contribution is 2.35. The van der Waals surface area contributed by atoms with E-state index in [4.69, 9.17) is 30.5 Å². The molecule has 2 heterocycles. The molecular formula is C29H37ClN6O5. The number of carbonyl (C=O) groups excluding carboxylic acids is 1. The first-order chi connectivity index (χ1) is 19.8. The third kappa shape index (κ3) is 7.90. The van der Waals surface area contributed by atoms with Crippen molar-refractivity contribution in [2.24, 2.45) is 0 Å². The Hall–Kier alpha value is -3.80. The molecule has 0 bridgehead atoms. The van der Waals surface area contributed by atoms with Crippen molar-refractivity contribution in [1.29, 1.82) is 0 Å². The molecule has 11 nitrogen and oxygen atoms in total. The molecule has 4 rings (SSSR count). The second kappa shape index (κ2) is 14.2. The number of anilines is 4. The summed E-state index contributed by atoms with van der Waals surface area (Å²) in [6.45, 7) is 2.93. The SMILES string of the molecule is COCCOc1ccc(Nc2nc(Nc3cc4c(cc3OC)CCN(CC(=O)N(C)C)CC4)ncc2Cl)c(OC)c1. The van der Waals surface area contributed by atoms with Gasteiger partial charge in [-0.1, -0.05) is 11.6 Å². The number of hydrogen-bond donors (Lipinski definition) is 2. The molecule has 0 radical (unpaired) electrons. The van der Waals surface area contributed by atoms with Crippen LogP contribution in [0, 0.1) is 0 Å². The van der Waals surface area contributed by atoms with Gasteiger partial charge in [-0.2, -0.15) is 4.98 Å². The summed E-state index contributed by atoms with van der Waals surface area (Å²) in [6, 6.07) is 9.56. The Balaban J connectivity index is 1.51. The van der Waals surface area contributed by atoms with Crippen molar-refractivity contribution in [1.82, 2.24) is 19.8 Å². The average Bonchev–Trinajstić information content (AvgIpc) is 3.16. The summed E-state index contributed by atoms with van der Waals surface area (Å²) in [4.78, 5) is 25.0. The van der Waals surface area contributed by atoms with Gasteiger partial charge in [-0.25, -0.2) is 4.98 Å². The van der Waals surface area contributed by atoms with Crippen molar-refractivity contribution < 1.29 is 23.7 Å². The summed E-state index contributed by atoms with van der Waals surface area (Å²) in [5.41, 5.74) is 3.80. The maximum Gasteiger partial charge on any atom is 0.236 e. The van der Waals surface area contributed by atoms with Gasteiger partial charge in [-0.15, -0.1) is 0 Å². The molecule has 3 aromatic rings. The monoisotopic (exact) mass is 584 g/mol. The van der Waals surface area contributed by atoms with E-state index in [1.807, 2.05) is 18.2 Å². The van der Waals surface area contributed by atoms with Crippen LogP contribution in [0.15, 0.2) is 36.5 Å². The van der Waals surface area contributed by atoms with Gasteiger partial charge in [-0.3, -0.25) is 9.69 Å². The van der Waals surface area contributed by atoms with Crippen LogP contribution in [0.1, 0.15) is 11.1 Å². The molecule has 0 spiro atoms. The van der Waals surface area contributed by atoms with Crippen LogP contribution < -0.4 is 24.8 Å². The van der Waals surface area contributed by atoms with E-state index in [0.717, 1.165) is 31.6 Å². The smallest absolute Gasteiger partial charge is 0.236 e. The number of methoxy groups -OCH3 is 3. The summed E-state index contributed by atoms with van der Waals surface area (Å²) >= 11 is 6.45. The van der Waals surface area contributed by atoms with E-state index in [0.29, 0.717) is 59.5 Å². The number of likely N-dealkylation sites (N-methyl/N-ethyl adjacent to an activating group) is 1. The summed E-state index contributed by atoms with van der Waals surface area (Å²) in [6.07, 6.45) is 3.17. The first kappa shape index (κ1) is 30.2. The Morgan fingerprint density at radius 1 is 0.976 bits per heavy atom. The normalized spacial score (nSPS) is 13.1. The van der Waals surface area contributed by atoms with Gasteiger partial charge < -0.3 is 34.5 Å². The molecule has 41 heavy (non-hydrogen) atoms. The van der Waals surface area contributed by atoms with Gasteiger partial charge in [0.25, 0.3) is 0 Å². The molecule has 1 aliphatic heterocycles. The number of ether oxygens (including phenoxy) is 4. The minimum atomic E-state index is 0.101. The molecule has 0 unspecified atom stereocenters. The van der Waals surface area contributed by atoms with Gasteiger partial charge in [0.05, 0.1) is 44.9 Å². The van der Waals surface area contributed by atoms with Crippen LogP contribution in [0.4, 0.5) is 23.1 Å². The number of nitrogens with zero attached hydrogens (tertiary/aromatic N) is 4. The molecule has 0 saturated heterocycles. The van der Waals surface area contributed by atoms with Crippen molar-refractivity contribution in [2.75, 3.05) is 78.9 Å². The molecule has 2 N–H and O–H groups in total. The third-order valence-corrected chi connectivity index (χ3v) is 7.02. The van der Waals surface area contributed by atoms with Crippen LogP contribution in [0.25, 0.3) is 0 Å². The number of amides is 1. The zero-order chi connectivity index (χ0) is 29.4. The molecule has 1 amide bonds. The molecule has 220 valence electrons. The maximum absolute atomic E-state index is 12.2. The fourth-order valence-corrected chi connectivity index (χ4v) is 4.57. The summed E-state index contributed by atoms with van der Waals surface area (Å²) in [5, 5.41) is 6.87. The predicted molar refractivity (Wildman–Crippen MR) is 160 cm³/mol. The summed E-state index contributed by atoms with van der Waals surface area (Å²) in [5.74, 6) is 2.76. The quantitative estimate of drug-likeness (QED) is 0.301. The number of halogens is 1. The standard InChI is InChI=1S/C29H37ClN6O5/c1-35(2)27(37)18-36-10-8-19-14-24(25(39-4)15-20(19)9-11-36)33-29-31-17-22(30)28(34-29)32-23-7-6-21(16-26(23)40-5)41-13-12-38-3/h6-7,14-17H,8-13,18H2,1-5H3,(H2,31,32,33,34). The highest BCUT2D eigenvalue weighted by Gasteiger charge is 2.20. The fraction of sp³-hybridized carbons (Fsp3) is 0.414. The number of benzene rings is 2. The number of rotatable bonds is 12. The minimum absolute atomic E-state index is 0.101. The Labute approximate surface area is 245 Å². The maximum atomic E-state index is 12.2. The number of hydrogen-bond acceptors (Lipinski definition) is 10. The zero-order valence-corrected chi connectivity index (χ0v) is 24.9. The first-order valence-corrected chi connectivity index (χ1v) is 13.7. The van der Waals surface area contributed by atoms with Gasteiger partial charge in [0.2, 0.25) is 11.9 Å². The third-order valence-electron chi connectivity index (χ3n) is 6.75. The van der Waals surface area contributed by atoms with Crippen molar-refractivity contribution in [3.8, 4) is 17.2 Å². The molecule has 0 aliphatic carbocycles. The summed E-state index contributed by atoms with van der Waals surface area (Å²) < 4.78 is 22.0. The lowest BCUT2D eigenvalue weighted by Gasteiger charge is -2.21. The number of aromatic nitrogens is 2. The molecule has 1 aliphatic rings. The molecule has 1 aromatic heterocycles. The van der Waals surface area contributed by atoms with Crippen molar-refractivity contribution >= 4 is 40.6 Å². The summed E-state index contributed by atoms with van der Waals surface area (Å²) in [7, 11) is 8.41. The van der Waals surface area contributed by atoms with Crippen LogP contribution in [-0.4, -0.2) is 93.9 Å². The first-order valence-electron chi connectivity index (χ1n) is 13.3. The highest BCUT2D eigenvalue weighted by molar-refractivity contribution is 6.33. The lowest BCUT2D eigenvalue weighted by atomic mass is 10.0.